The van der Waals surface area contributed by atoms with E-state index < -0.39 is 5.54 Å². The fraction of sp³-hybridized carbons (Fsp3) is 0.435. The highest BCUT2D eigenvalue weighted by molar-refractivity contribution is 6.30. The molecule has 0 saturated heterocycles. The molecule has 0 radical (unpaired) electrons. The van der Waals surface area contributed by atoms with Crippen LogP contribution in [0.2, 0.25) is 5.02 Å². The van der Waals surface area contributed by atoms with Crippen molar-refractivity contribution in [2.75, 3.05) is 13.7 Å². The lowest BCUT2D eigenvalue weighted by Gasteiger charge is -2.47. The van der Waals surface area contributed by atoms with Crippen LogP contribution in [0, 0.1) is 5.92 Å². The van der Waals surface area contributed by atoms with E-state index in [0.717, 1.165) is 29.5 Å². The Balaban J connectivity index is 1.67. The second-order valence-electron chi connectivity index (χ2n) is 8.36. The fourth-order valence-electron chi connectivity index (χ4n) is 5.19. The van der Waals surface area contributed by atoms with Gasteiger partial charge in [0.1, 0.15) is 11.9 Å². The molecule has 1 spiro atoms. The summed E-state index contributed by atoms with van der Waals surface area (Å²) in [6.07, 6.45) is 5.70. The normalized spacial score (nSPS) is 29.4. The van der Waals surface area contributed by atoms with Gasteiger partial charge < -0.3 is 15.2 Å². The summed E-state index contributed by atoms with van der Waals surface area (Å²) in [7, 11) is 1.67. The van der Waals surface area contributed by atoms with Crippen molar-refractivity contribution < 1.29 is 14.3 Å². The van der Waals surface area contributed by atoms with E-state index >= 15 is 0 Å². The molecule has 3 unspecified atom stereocenters. The maximum absolute atomic E-state index is 13.7. The Bertz CT molecular complexity index is 1070. The number of likely N-dealkylation sites (N-methyl/N-ethyl adjacent to an activating group) is 1. The molecule has 4 atom stereocenters. The van der Waals surface area contributed by atoms with Crippen molar-refractivity contribution in [2.24, 2.45) is 16.6 Å². The molecular weight excluding hydrogens is 416 g/mol. The molecule has 162 valence electrons. The monoisotopic (exact) mass is 440 g/mol. The topological polar surface area (TPSA) is 90.0 Å². The number of guanidine groups is 1. The number of ether oxygens (including phenoxy) is 2. The molecule has 31 heavy (non-hydrogen) atoms. The molecule has 1 aliphatic carbocycles. The van der Waals surface area contributed by atoms with Crippen molar-refractivity contribution in [3.05, 3.63) is 47.2 Å². The third-order valence-electron chi connectivity index (χ3n) is 6.65. The van der Waals surface area contributed by atoms with E-state index in [1.54, 1.807) is 19.4 Å². The summed E-state index contributed by atoms with van der Waals surface area (Å²) in [5, 5.41) is 0.548. The van der Waals surface area contributed by atoms with Gasteiger partial charge in [0, 0.05) is 43.1 Å². The predicted octanol–water partition coefficient (Wildman–Crippen LogP) is 3.35. The minimum atomic E-state index is -1.12. The maximum atomic E-state index is 13.7. The maximum Gasteiger partial charge on any atom is 0.262 e. The van der Waals surface area contributed by atoms with E-state index in [-0.39, 0.29) is 30.0 Å². The molecule has 8 heteroatoms. The van der Waals surface area contributed by atoms with Gasteiger partial charge in [0.15, 0.2) is 11.5 Å². The standard InChI is InChI=1S/C23H25ClN4O3/c1-3-30-16-5-7-20-18(10-16)23(21(29)28(2)22(25)27-23)17-9-13(4-6-19(17)31-20)14-8-15(24)12-26-11-14/h4,6,8-9,11-12,16,18,20H,3,5,7,10H2,1-2H3,(H2,25,27)/t16-,18?,20?,23?/m1/s1. The zero-order chi connectivity index (χ0) is 21.8. The number of fused-ring (bicyclic) bond motifs is 4. The van der Waals surface area contributed by atoms with Crippen LogP contribution >= 0.6 is 11.6 Å². The van der Waals surface area contributed by atoms with Gasteiger partial charge in [0.2, 0.25) is 0 Å². The first-order valence-corrected chi connectivity index (χ1v) is 11.0. The van der Waals surface area contributed by atoms with Crippen LogP contribution in [0.3, 0.4) is 0 Å². The van der Waals surface area contributed by atoms with Crippen molar-refractivity contribution in [3.63, 3.8) is 0 Å². The van der Waals surface area contributed by atoms with Crippen molar-refractivity contribution in [2.45, 2.75) is 43.9 Å². The largest absolute Gasteiger partial charge is 0.490 e. The van der Waals surface area contributed by atoms with Crippen LogP contribution in [0.15, 0.2) is 41.7 Å². The first kappa shape index (κ1) is 20.3. The third-order valence-corrected chi connectivity index (χ3v) is 6.86. The summed E-state index contributed by atoms with van der Waals surface area (Å²) < 4.78 is 12.3. The average molecular weight is 441 g/mol. The Hall–Kier alpha value is -2.64. The number of rotatable bonds is 3. The molecule has 5 rings (SSSR count). The van der Waals surface area contributed by atoms with Crippen LogP contribution in [-0.4, -0.2) is 47.6 Å². The molecule has 3 heterocycles. The van der Waals surface area contributed by atoms with Gasteiger partial charge >= 0.3 is 0 Å². The predicted molar refractivity (Wildman–Crippen MR) is 118 cm³/mol. The molecule has 1 aromatic carbocycles. The van der Waals surface area contributed by atoms with Crippen LogP contribution in [0.4, 0.5) is 0 Å². The van der Waals surface area contributed by atoms with Crippen molar-refractivity contribution in [1.29, 1.82) is 0 Å². The van der Waals surface area contributed by atoms with Crippen molar-refractivity contribution in [1.82, 2.24) is 9.88 Å². The Morgan fingerprint density at radius 3 is 2.84 bits per heavy atom. The van der Waals surface area contributed by atoms with Crippen LogP contribution in [0.5, 0.6) is 5.75 Å². The molecule has 1 saturated carbocycles. The zero-order valence-corrected chi connectivity index (χ0v) is 18.3. The van der Waals surface area contributed by atoms with E-state index in [9.17, 15) is 4.79 Å². The molecule has 1 aromatic heterocycles. The van der Waals surface area contributed by atoms with Gasteiger partial charge in [-0.05, 0) is 49.9 Å². The third kappa shape index (κ3) is 3.10. The highest BCUT2D eigenvalue weighted by atomic mass is 35.5. The Labute approximate surface area is 186 Å². The van der Waals surface area contributed by atoms with E-state index in [0.29, 0.717) is 23.8 Å². The number of aromatic nitrogens is 1. The van der Waals surface area contributed by atoms with Crippen LogP contribution < -0.4 is 10.5 Å². The highest BCUT2D eigenvalue weighted by Crippen LogP contribution is 2.54. The number of carbonyl (C=O) groups excluding carboxylic acids is 1. The minimum absolute atomic E-state index is 0.0729. The molecule has 3 aliphatic rings. The van der Waals surface area contributed by atoms with Gasteiger partial charge in [0.05, 0.1) is 11.1 Å². The van der Waals surface area contributed by atoms with Gasteiger partial charge in [-0.25, -0.2) is 4.99 Å². The molecule has 7 nitrogen and oxygen atoms in total. The number of aliphatic imine (C=N–C) groups is 1. The summed E-state index contributed by atoms with van der Waals surface area (Å²) in [6.45, 7) is 2.63. The Morgan fingerprint density at radius 2 is 2.13 bits per heavy atom. The molecular formula is C23H25ClN4O3. The molecule has 1 fully saturated rings. The van der Waals surface area contributed by atoms with E-state index in [4.69, 9.17) is 31.8 Å². The van der Waals surface area contributed by atoms with Gasteiger partial charge in [-0.3, -0.25) is 14.7 Å². The van der Waals surface area contributed by atoms with E-state index in [1.807, 2.05) is 31.2 Å². The summed E-state index contributed by atoms with van der Waals surface area (Å²) in [6, 6.07) is 7.69. The Morgan fingerprint density at radius 1 is 1.29 bits per heavy atom. The summed E-state index contributed by atoms with van der Waals surface area (Å²) in [5.41, 5.74) is 7.54. The number of hydrogen-bond acceptors (Lipinski definition) is 6. The first-order chi connectivity index (χ1) is 14.9. The number of hydrogen-bond donors (Lipinski definition) is 1. The first-order valence-electron chi connectivity index (χ1n) is 10.6. The zero-order valence-electron chi connectivity index (χ0n) is 17.5. The molecule has 2 N–H and O–H groups in total. The van der Waals surface area contributed by atoms with Crippen molar-refractivity contribution >= 4 is 23.5 Å². The lowest BCUT2D eigenvalue weighted by atomic mass is 9.66. The minimum Gasteiger partial charge on any atom is -0.490 e. The quantitative estimate of drug-likeness (QED) is 0.790. The van der Waals surface area contributed by atoms with E-state index in [1.165, 1.54) is 4.90 Å². The number of nitrogens with zero attached hydrogens (tertiary/aromatic N) is 3. The lowest BCUT2D eigenvalue weighted by molar-refractivity contribution is -0.139. The van der Waals surface area contributed by atoms with Crippen LogP contribution in [0.1, 0.15) is 31.7 Å². The summed E-state index contributed by atoms with van der Waals surface area (Å²) in [4.78, 5) is 24.1. The summed E-state index contributed by atoms with van der Waals surface area (Å²) >= 11 is 6.16. The van der Waals surface area contributed by atoms with Gasteiger partial charge in [-0.2, -0.15) is 0 Å². The van der Waals surface area contributed by atoms with Gasteiger partial charge in [-0.1, -0.05) is 17.7 Å². The fourth-order valence-corrected chi connectivity index (χ4v) is 5.37. The SMILES string of the molecule is CCO[C@@H]1CCC2Oc3ccc(-c4cncc(Cl)c4)cc3C3(N=C(N)N(C)C3=O)C2C1. The second kappa shape index (κ2) is 7.50. The second-order valence-corrected chi connectivity index (χ2v) is 8.79. The van der Waals surface area contributed by atoms with Crippen LogP contribution in [0.25, 0.3) is 11.1 Å². The molecule has 1 amide bonds. The molecule has 2 aliphatic heterocycles. The summed E-state index contributed by atoms with van der Waals surface area (Å²) in [5.74, 6) is 0.622. The van der Waals surface area contributed by atoms with Crippen LogP contribution in [-0.2, 0) is 15.1 Å². The number of halogens is 1. The highest BCUT2D eigenvalue weighted by Gasteiger charge is 2.61. The average Bonchev–Trinajstić information content (AvgIpc) is 2.99. The Kier molecular flexibility index (Phi) is 4.90. The van der Waals surface area contributed by atoms with Gasteiger partial charge in [-0.15, -0.1) is 0 Å². The molecule has 0 bridgehead atoms. The van der Waals surface area contributed by atoms with Gasteiger partial charge in [0.25, 0.3) is 5.91 Å². The lowest BCUT2D eigenvalue weighted by Crippen LogP contribution is -2.55. The number of carbonyl (C=O) groups is 1. The number of pyridine rings is 1. The number of benzene rings is 1. The number of nitrogens with two attached hydrogens (primary N) is 1. The van der Waals surface area contributed by atoms with Crippen molar-refractivity contribution in [3.8, 4) is 16.9 Å². The molecule has 2 aromatic rings. The van der Waals surface area contributed by atoms with E-state index in [2.05, 4.69) is 4.98 Å². The smallest absolute Gasteiger partial charge is 0.262 e. The number of amides is 1.